The van der Waals surface area contributed by atoms with Gasteiger partial charge in [0.05, 0.1) is 0 Å². The van der Waals surface area contributed by atoms with Crippen molar-refractivity contribution in [2.24, 2.45) is 0 Å². The van der Waals surface area contributed by atoms with E-state index in [1.165, 1.54) is 0 Å². The van der Waals surface area contributed by atoms with Crippen molar-refractivity contribution in [1.82, 2.24) is 0 Å². The molecule has 0 radical (unpaired) electrons. The van der Waals surface area contributed by atoms with Crippen molar-refractivity contribution in [3.63, 3.8) is 0 Å². The Morgan fingerprint density at radius 3 is 1.69 bits per heavy atom. The van der Waals surface area contributed by atoms with E-state index in [0.717, 1.165) is 56.6 Å². The molecule has 0 aromatic heterocycles. The van der Waals surface area contributed by atoms with Crippen LogP contribution in [0.4, 0.5) is 0 Å². The van der Waals surface area contributed by atoms with Gasteiger partial charge >= 0.3 is 0 Å². The van der Waals surface area contributed by atoms with Crippen molar-refractivity contribution in [2.45, 2.75) is 0 Å². The number of benzene rings is 5. The molecule has 5 aromatic carbocycles. The minimum absolute atomic E-state index is 0.00903. The quantitative estimate of drug-likeness (QED) is 0.306. The fourth-order valence-electron chi connectivity index (χ4n) is 4.77. The van der Waals surface area contributed by atoms with Crippen LogP contribution in [0.15, 0.2) is 115 Å². The second kappa shape index (κ2) is 7.99. The first kappa shape index (κ1) is 19.8. The summed E-state index contributed by atoms with van der Waals surface area (Å²) in [6.45, 7) is -0.00903. The predicted octanol–water partition coefficient (Wildman–Crippen LogP) is 6.00. The Bertz CT molecular complexity index is 1550. The van der Waals surface area contributed by atoms with Gasteiger partial charge in [-0.05, 0) is 47.3 Å². The molecule has 0 spiro atoms. The molecule has 35 heavy (non-hydrogen) atoms. The topological polar surface area (TPSA) is 36.9 Å². The molecule has 7 rings (SSSR count). The third-order valence-electron chi connectivity index (χ3n) is 6.29. The van der Waals surface area contributed by atoms with Crippen LogP contribution in [-0.4, -0.2) is 6.71 Å². The zero-order valence-electron chi connectivity index (χ0n) is 18.7. The molecule has 0 saturated carbocycles. The summed E-state index contributed by atoms with van der Waals surface area (Å²) in [5.74, 6) is 5.97. The van der Waals surface area contributed by atoms with Gasteiger partial charge < -0.3 is 18.9 Å². The van der Waals surface area contributed by atoms with Crippen LogP contribution >= 0.6 is 0 Å². The maximum absolute atomic E-state index is 6.46. The number of fused-ring (bicyclic) bond motifs is 4. The van der Waals surface area contributed by atoms with Gasteiger partial charge in [-0.3, -0.25) is 0 Å². The Labute approximate surface area is 203 Å². The van der Waals surface area contributed by atoms with E-state index in [1.807, 2.05) is 103 Å². The summed E-state index contributed by atoms with van der Waals surface area (Å²) in [5.41, 5.74) is 3.19. The summed E-state index contributed by atoms with van der Waals surface area (Å²) in [7, 11) is 0. The number of rotatable bonds is 4. The van der Waals surface area contributed by atoms with Crippen molar-refractivity contribution in [1.29, 1.82) is 0 Å². The smallest absolute Gasteiger partial charge is 0.260 e. The lowest BCUT2D eigenvalue weighted by Gasteiger charge is -2.33. The number of ether oxygens (including phenoxy) is 4. The van der Waals surface area contributed by atoms with E-state index < -0.39 is 0 Å². The Balaban J connectivity index is 1.34. The Morgan fingerprint density at radius 1 is 0.429 bits per heavy atom. The molecule has 4 nitrogen and oxygen atoms in total. The van der Waals surface area contributed by atoms with Crippen LogP contribution in [0, 0.1) is 0 Å². The first-order valence-electron chi connectivity index (χ1n) is 11.5. The normalized spacial score (nSPS) is 12.4. The van der Waals surface area contributed by atoms with Crippen molar-refractivity contribution in [3.8, 4) is 46.0 Å². The lowest BCUT2D eigenvalue weighted by atomic mass is 9.35. The van der Waals surface area contributed by atoms with Crippen LogP contribution in [0.5, 0.6) is 46.0 Å². The van der Waals surface area contributed by atoms with Gasteiger partial charge in [-0.15, -0.1) is 0 Å². The first-order valence-corrected chi connectivity index (χ1v) is 11.5. The average Bonchev–Trinajstić information content (AvgIpc) is 2.89. The van der Waals surface area contributed by atoms with Gasteiger partial charge in [0.2, 0.25) is 0 Å². The van der Waals surface area contributed by atoms with Gasteiger partial charge in [0.1, 0.15) is 46.0 Å². The predicted molar refractivity (Wildman–Crippen MR) is 137 cm³/mol. The minimum atomic E-state index is -0.00903. The van der Waals surface area contributed by atoms with Crippen LogP contribution in [0.2, 0.25) is 0 Å². The largest absolute Gasteiger partial charge is 0.458 e. The molecule has 0 unspecified atom stereocenters. The minimum Gasteiger partial charge on any atom is -0.458 e. The van der Waals surface area contributed by atoms with Gasteiger partial charge in [-0.1, -0.05) is 60.7 Å². The van der Waals surface area contributed by atoms with Crippen molar-refractivity contribution < 1.29 is 18.9 Å². The molecule has 0 bridgehead atoms. The summed E-state index contributed by atoms with van der Waals surface area (Å²) in [5, 5.41) is 0. The standard InChI is InChI=1S/C30H19BO4/c1-3-9-20(10-4-1)32-22-15-16-25-27(17-22)35-29-19-23(33-21-11-5-2-6-12-21)18-28-30(29)31(25)24-13-7-8-14-26(24)34-28/h1-19H. The number of hydrogen-bond acceptors (Lipinski definition) is 4. The SMILES string of the molecule is c1ccc(Oc2ccc3c(c2)Oc2cc(Oc4ccccc4)cc4c2B3c2ccccc2O4)cc1. The third-order valence-corrected chi connectivity index (χ3v) is 6.29. The van der Waals surface area contributed by atoms with E-state index in [0.29, 0.717) is 5.75 Å². The van der Waals surface area contributed by atoms with Crippen LogP contribution in [0.1, 0.15) is 0 Å². The molecule has 166 valence electrons. The Kier molecular flexibility index (Phi) is 4.52. The molecule has 0 atom stereocenters. The van der Waals surface area contributed by atoms with Gasteiger partial charge in [0.15, 0.2) is 0 Å². The van der Waals surface area contributed by atoms with Crippen LogP contribution in [0.3, 0.4) is 0 Å². The third kappa shape index (κ3) is 3.49. The fraction of sp³-hybridized carbons (Fsp3) is 0. The van der Waals surface area contributed by atoms with Crippen LogP contribution in [-0.2, 0) is 0 Å². The molecule has 5 heteroatoms. The highest BCUT2D eigenvalue weighted by atomic mass is 16.5. The fourth-order valence-corrected chi connectivity index (χ4v) is 4.77. The van der Waals surface area contributed by atoms with Gasteiger partial charge in [0.25, 0.3) is 6.71 Å². The highest BCUT2D eigenvalue weighted by molar-refractivity contribution is 6.98. The average molecular weight is 454 g/mol. The van der Waals surface area contributed by atoms with E-state index in [9.17, 15) is 0 Å². The monoisotopic (exact) mass is 454 g/mol. The molecule has 0 aliphatic carbocycles. The van der Waals surface area contributed by atoms with E-state index in [4.69, 9.17) is 18.9 Å². The lowest BCUT2D eigenvalue weighted by molar-refractivity contribution is 0.439. The molecule has 2 heterocycles. The molecular formula is C30H19BO4. The molecule has 0 amide bonds. The highest BCUT2D eigenvalue weighted by Gasteiger charge is 2.40. The van der Waals surface area contributed by atoms with Crippen LogP contribution in [0.25, 0.3) is 0 Å². The first-order chi connectivity index (χ1) is 17.3. The molecule has 0 fully saturated rings. The van der Waals surface area contributed by atoms with Crippen molar-refractivity contribution >= 4 is 23.1 Å². The van der Waals surface area contributed by atoms with Gasteiger partial charge in [-0.2, -0.15) is 0 Å². The summed E-state index contributed by atoms with van der Waals surface area (Å²) >= 11 is 0. The van der Waals surface area contributed by atoms with Gasteiger partial charge in [0, 0.05) is 23.7 Å². The summed E-state index contributed by atoms with van der Waals surface area (Å²) in [6, 6.07) is 37.5. The van der Waals surface area contributed by atoms with Crippen LogP contribution < -0.4 is 35.3 Å². The molecule has 2 aliphatic rings. The highest BCUT2D eigenvalue weighted by Crippen LogP contribution is 2.39. The zero-order chi connectivity index (χ0) is 23.2. The molecule has 0 saturated heterocycles. The van der Waals surface area contributed by atoms with Crippen molar-refractivity contribution in [2.75, 3.05) is 0 Å². The van der Waals surface area contributed by atoms with E-state index in [2.05, 4.69) is 12.1 Å². The van der Waals surface area contributed by atoms with E-state index in [-0.39, 0.29) is 6.71 Å². The number of hydrogen-bond donors (Lipinski definition) is 0. The zero-order valence-corrected chi connectivity index (χ0v) is 18.7. The second-order valence-corrected chi connectivity index (χ2v) is 8.54. The molecule has 5 aromatic rings. The van der Waals surface area contributed by atoms with Crippen molar-refractivity contribution in [3.05, 3.63) is 115 Å². The summed E-state index contributed by atoms with van der Waals surface area (Å²) in [6.07, 6.45) is 0. The second-order valence-electron chi connectivity index (χ2n) is 8.54. The Hall–Kier alpha value is -4.64. The Morgan fingerprint density at radius 2 is 0.971 bits per heavy atom. The lowest BCUT2D eigenvalue weighted by Crippen LogP contribution is -2.57. The van der Waals surface area contributed by atoms with E-state index in [1.54, 1.807) is 0 Å². The maximum Gasteiger partial charge on any atom is 0.260 e. The molecule has 0 N–H and O–H groups in total. The summed E-state index contributed by atoms with van der Waals surface area (Å²) < 4.78 is 25.0. The molecular weight excluding hydrogens is 435 g/mol. The van der Waals surface area contributed by atoms with E-state index >= 15 is 0 Å². The summed E-state index contributed by atoms with van der Waals surface area (Å²) in [4.78, 5) is 0. The number of para-hydroxylation sites is 3. The molecule has 2 aliphatic heterocycles. The van der Waals surface area contributed by atoms with Gasteiger partial charge in [-0.25, -0.2) is 0 Å². The maximum atomic E-state index is 6.46.